The van der Waals surface area contributed by atoms with Gasteiger partial charge in [0.05, 0.1) is 23.0 Å². The summed E-state index contributed by atoms with van der Waals surface area (Å²) < 4.78 is 3.12. The lowest BCUT2D eigenvalue weighted by Gasteiger charge is -2.22. The molecular formula is C16H21BrClN3. The molecule has 0 aliphatic carbocycles. The maximum absolute atomic E-state index is 6.38. The largest absolute Gasteiger partial charge is 0.305 e. The number of aromatic nitrogens is 2. The first-order valence-corrected chi connectivity index (χ1v) is 8.37. The molecule has 3 nitrogen and oxygen atoms in total. The minimum Gasteiger partial charge on any atom is -0.305 e. The fourth-order valence-corrected chi connectivity index (χ4v) is 3.11. The molecule has 2 aromatic rings. The molecule has 1 N–H and O–H groups in total. The Kier molecular flexibility index (Phi) is 5.47. The van der Waals surface area contributed by atoms with Crippen molar-refractivity contribution in [2.24, 2.45) is 0 Å². The lowest BCUT2D eigenvalue weighted by molar-refractivity contribution is 0.542. The van der Waals surface area contributed by atoms with Crippen LogP contribution in [0.2, 0.25) is 5.02 Å². The highest BCUT2D eigenvalue weighted by atomic mass is 79.9. The molecule has 0 radical (unpaired) electrons. The van der Waals surface area contributed by atoms with Crippen LogP contribution in [0.25, 0.3) is 0 Å². The van der Waals surface area contributed by atoms with Crippen molar-refractivity contribution in [1.29, 1.82) is 0 Å². The molecule has 0 saturated carbocycles. The average Bonchev–Trinajstić information content (AvgIpc) is 2.82. The first-order valence-electron chi connectivity index (χ1n) is 7.20. The van der Waals surface area contributed by atoms with Gasteiger partial charge in [-0.2, -0.15) is 5.10 Å². The molecule has 0 spiro atoms. The summed E-state index contributed by atoms with van der Waals surface area (Å²) in [5, 5.41) is 8.60. The first kappa shape index (κ1) is 16.5. The van der Waals surface area contributed by atoms with E-state index in [0.29, 0.717) is 5.02 Å². The zero-order chi connectivity index (χ0) is 15.6. The highest BCUT2D eigenvalue weighted by molar-refractivity contribution is 9.10. The third kappa shape index (κ3) is 3.33. The van der Waals surface area contributed by atoms with Gasteiger partial charge in [0.25, 0.3) is 0 Å². The predicted molar refractivity (Wildman–Crippen MR) is 92.0 cm³/mol. The number of hydrogen-bond acceptors (Lipinski definition) is 2. The second-order valence-electron chi connectivity index (χ2n) is 5.15. The van der Waals surface area contributed by atoms with Crippen molar-refractivity contribution in [3.63, 3.8) is 0 Å². The van der Waals surface area contributed by atoms with E-state index in [9.17, 15) is 0 Å². The molecule has 0 amide bonds. The van der Waals surface area contributed by atoms with Gasteiger partial charge in [-0.3, -0.25) is 4.68 Å². The Hall–Kier alpha value is -0.840. The van der Waals surface area contributed by atoms with E-state index < -0.39 is 0 Å². The normalized spacial score (nSPS) is 12.7. The maximum Gasteiger partial charge on any atom is 0.0837 e. The molecular weight excluding hydrogens is 350 g/mol. The zero-order valence-corrected chi connectivity index (χ0v) is 15.2. The van der Waals surface area contributed by atoms with Crippen LogP contribution >= 0.6 is 27.5 Å². The van der Waals surface area contributed by atoms with Crippen molar-refractivity contribution in [3.05, 3.63) is 50.2 Å². The Labute approximate surface area is 139 Å². The fourth-order valence-electron chi connectivity index (χ4n) is 2.63. The van der Waals surface area contributed by atoms with E-state index in [0.717, 1.165) is 23.3 Å². The number of nitrogens with one attached hydrogen (secondary N) is 1. The van der Waals surface area contributed by atoms with Gasteiger partial charge in [-0.05, 0) is 44.0 Å². The molecule has 1 aromatic carbocycles. The minimum atomic E-state index is 0.0513. The van der Waals surface area contributed by atoms with E-state index in [-0.39, 0.29) is 6.04 Å². The summed E-state index contributed by atoms with van der Waals surface area (Å²) in [5.74, 6) is 0. The summed E-state index contributed by atoms with van der Waals surface area (Å²) in [7, 11) is 0. The van der Waals surface area contributed by atoms with E-state index in [1.165, 1.54) is 16.7 Å². The van der Waals surface area contributed by atoms with Gasteiger partial charge in [0.15, 0.2) is 0 Å². The van der Waals surface area contributed by atoms with E-state index in [1.807, 2.05) is 4.68 Å². The predicted octanol–water partition coefficient (Wildman–Crippen LogP) is 4.63. The zero-order valence-electron chi connectivity index (χ0n) is 12.9. The number of hydrogen-bond donors (Lipinski definition) is 1. The van der Waals surface area contributed by atoms with Gasteiger partial charge in [0.2, 0.25) is 0 Å². The van der Waals surface area contributed by atoms with Crippen molar-refractivity contribution in [2.45, 2.75) is 40.3 Å². The van der Waals surface area contributed by atoms with Gasteiger partial charge in [0.1, 0.15) is 0 Å². The van der Waals surface area contributed by atoms with E-state index in [4.69, 9.17) is 11.6 Å². The Balaban J connectivity index is 2.56. The van der Waals surface area contributed by atoms with Crippen LogP contribution in [0.15, 0.2) is 22.8 Å². The molecule has 0 aliphatic rings. The summed E-state index contributed by atoms with van der Waals surface area (Å²) >= 11 is 10.0. The van der Waals surface area contributed by atoms with E-state index in [2.05, 4.69) is 66.2 Å². The fraction of sp³-hybridized carbons (Fsp3) is 0.438. The van der Waals surface area contributed by atoms with Crippen LogP contribution in [0.1, 0.15) is 42.3 Å². The van der Waals surface area contributed by atoms with Gasteiger partial charge in [0, 0.05) is 11.0 Å². The van der Waals surface area contributed by atoms with Crippen LogP contribution in [0, 0.1) is 13.8 Å². The van der Waals surface area contributed by atoms with Crippen LogP contribution in [-0.2, 0) is 6.54 Å². The molecule has 0 fully saturated rings. The van der Waals surface area contributed by atoms with Gasteiger partial charge in [-0.15, -0.1) is 0 Å². The molecule has 1 atom stereocenters. The third-order valence-electron chi connectivity index (χ3n) is 3.61. The molecule has 114 valence electrons. The van der Waals surface area contributed by atoms with Crippen molar-refractivity contribution in [1.82, 2.24) is 15.1 Å². The van der Waals surface area contributed by atoms with Gasteiger partial charge in [-0.1, -0.05) is 46.6 Å². The van der Waals surface area contributed by atoms with Crippen LogP contribution in [0.4, 0.5) is 0 Å². The molecule has 0 aliphatic heterocycles. The Morgan fingerprint density at radius 1 is 1.29 bits per heavy atom. The second kappa shape index (κ2) is 6.95. The van der Waals surface area contributed by atoms with E-state index >= 15 is 0 Å². The maximum atomic E-state index is 6.38. The topological polar surface area (TPSA) is 29.9 Å². The Bertz CT molecular complexity index is 613. The van der Waals surface area contributed by atoms with Crippen LogP contribution in [0.5, 0.6) is 0 Å². The molecule has 0 bridgehead atoms. The molecule has 1 unspecified atom stereocenters. The van der Waals surface area contributed by atoms with Gasteiger partial charge >= 0.3 is 0 Å². The van der Waals surface area contributed by atoms with Crippen molar-refractivity contribution >= 4 is 27.5 Å². The number of rotatable bonds is 5. The van der Waals surface area contributed by atoms with Crippen LogP contribution in [0.3, 0.4) is 0 Å². The van der Waals surface area contributed by atoms with Gasteiger partial charge < -0.3 is 5.32 Å². The SMILES string of the molecule is CCNC(c1cc(C)c(Br)c(C)c1)c1c(Cl)cnn1CC. The lowest BCUT2D eigenvalue weighted by Crippen LogP contribution is -2.25. The molecule has 1 heterocycles. The second-order valence-corrected chi connectivity index (χ2v) is 6.35. The Morgan fingerprint density at radius 3 is 2.43 bits per heavy atom. The molecule has 1 aromatic heterocycles. The molecule has 5 heteroatoms. The highest BCUT2D eigenvalue weighted by Gasteiger charge is 2.22. The van der Waals surface area contributed by atoms with E-state index in [1.54, 1.807) is 6.20 Å². The summed E-state index contributed by atoms with van der Waals surface area (Å²) in [6.45, 7) is 10.1. The van der Waals surface area contributed by atoms with Crippen molar-refractivity contribution in [2.75, 3.05) is 6.54 Å². The van der Waals surface area contributed by atoms with Gasteiger partial charge in [-0.25, -0.2) is 0 Å². The first-order chi connectivity index (χ1) is 9.99. The summed E-state index contributed by atoms with van der Waals surface area (Å²) in [6, 6.07) is 4.46. The molecule has 21 heavy (non-hydrogen) atoms. The van der Waals surface area contributed by atoms with Crippen molar-refractivity contribution in [3.8, 4) is 0 Å². The quantitative estimate of drug-likeness (QED) is 0.831. The van der Waals surface area contributed by atoms with Crippen LogP contribution < -0.4 is 5.32 Å². The third-order valence-corrected chi connectivity index (χ3v) is 5.15. The number of nitrogens with zero attached hydrogens (tertiary/aromatic N) is 2. The number of aryl methyl sites for hydroxylation is 3. The lowest BCUT2D eigenvalue weighted by atomic mass is 9.99. The molecule has 2 rings (SSSR count). The smallest absolute Gasteiger partial charge is 0.0837 e. The summed E-state index contributed by atoms with van der Waals surface area (Å²) in [5.41, 5.74) is 4.70. The number of benzene rings is 1. The van der Waals surface area contributed by atoms with Crippen LogP contribution in [-0.4, -0.2) is 16.3 Å². The standard InChI is InChI=1S/C16H21BrClN3/c1-5-19-15(16-13(18)9-20-21(16)6-2)12-7-10(3)14(17)11(4)8-12/h7-9,15,19H,5-6H2,1-4H3. The molecule has 0 saturated heterocycles. The number of halogens is 2. The highest BCUT2D eigenvalue weighted by Crippen LogP contribution is 2.32. The minimum absolute atomic E-state index is 0.0513. The monoisotopic (exact) mass is 369 g/mol. The summed E-state index contributed by atoms with van der Waals surface area (Å²) in [4.78, 5) is 0. The summed E-state index contributed by atoms with van der Waals surface area (Å²) in [6.07, 6.45) is 1.73. The Morgan fingerprint density at radius 2 is 1.90 bits per heavy atom. The average molecular weight is 371 g/mol. The van der Waals surface area contributed by atoms with Crippen molar-refractivity contribution < 1.29 is 0 Å².